The van der Waals surface area contributed by atoms with Gasteiger partial charge in [0.2, 0.25) is 11.8 Å². The maximum Gasteiger partial charge on any atom is 0.234 e. The summed E-state index contributed by atoms with van der Waals surface area (Å²) in [4.78, 5) is 34.5. The Balaban J connectivity index is 1.47. The highest BCUT2D eigenvalue weighted by molar-refractivity contribution is 7.22. The summed E-state index contributed by atoms with van der Waals surface area (Å²) in [5.74, 6) is -0.557. The molecule has 0 saturated carbocycles. The lowest BCUT2D eigenvalue weighted by Crippen LogP contribution is -2.37. The summed E-state index contributed by atoms with van der Waals surface area (Å²) in [6.45, 7) is 0.757. The van der Waals surface area contributed by atoms with Gasteiger partial charge < -0.3 is 4.90 Å². The molecule has 1 aliphatic heterocycles. The highest BCUT2D eigenvalue weighted by Crippen LogP contribution is 2.34. The van der Waals surface area contributed by atoms with Crippen molar-refractivity contribution in [2.24, 2.45) is 5.92 Å². The van der Waals surface area contributed by atoms with Crippen molar-refractivity contribution >= 4 is 55.8 Å². The van der Waals surface area contributed by atoms with Crippen molar-refractivity contribution in [1.29, 1.82) is 0 Å². The Bertz CT molecular complexity index is 1280. The Morgan fingerprint density at radius 1 is 1.06 bits per heavy atom. The fraction of sp³-hybridized carbons (Fsp3) is 0.160. The fourth-order valence-electron chi connectivity index (χ4n) is 3.96. The number of hydrogen-bond donors (Lipinski definition) is 0. The third kappa shape index (κ3) is 4.11. The second-order valence-electron chi connectivity index (χ2n) is 7.76. The number of para-hydroxylation sites is 1. The van der Waals surface area contributed by atoms with E-state index in [1.165, 1.54) is 11.3 Å². The van der Waals surface area contributed by atoms with Gasteiger partial charge in [0.1, 0.15) is 0 Å². The molecule has 1 unspecified atom stereocenters. The standard InChI is InChI=1S/C25H20ClN3O2S/c26-19-11-12-21-22(14-19)32-25(27-21)29(15-17-7-3-1-4-8-17)24(31)18-13-23(30)28(16-18)20-9-5-2-6-10-20/h1-12,14,18H,13,15-16H2. The quantitative estimate of drug-likeness (QED) is 0.392. The first-order chi connectivity index (χ1) is 15.6. The Morgan fingerprint density at radius 2 is 1.78 bits per heavy atom. The molecular formula is C25H20ClN3O2S. The number of rotatable bonds is 5. The summed E-state index contributed by atoms with van der Waals surface area (Å²) in [5, 5.41) is 1.25. The van der Waals surface area contributed by atoms with Crippen LogP contribution in [0.4, 0.5) is 10.8 Å². The van der Waals surface area contributed by atoms with Crippen LogP contribution in [0.3, 0.4) is 0 Å². The highest BCUT2D eigenvalue weighted by atomic mass is 35.5. The lowest BCUT2D eigenvalue weighted by molar-refractivity contribution is -0.124. The van der Waals surface area contributed by atoms with Crippen LogP contribution in [0.2, 0.25) is 5.02 Å². The van der Waals surface area contributed by atoms with Crippen LogP contribution in [0.1, 0.15) is 12.0 Å². The van der Waals surface area contributed by atoms with Crippen LogP contribution in [0.5, 0.6) is 0 Å². The van der Waals surface area contributed by atoms with E-state index in [9.17, 15) is 9.59 Å². The van der Waals surface area contributed by atoms with E-state index in [4.69, 9.17) is 16.6 Å². The van der Waals surface area contributed by atoms with Crippen molar-refractivity contribution < 1.29 is 9.59 Å². The minimum atomic E-state index is -0.429. The normalized spacial score (nSPS) is 16.0. The molecular weight excluding hydrogens is 442 g/mol. The number of thiazole rings is 1. The average molecular weight is 462 g/mol. The predicted molar refractivity (Wildman–Crippen MR) is 129 cm³/mol. The van der Waals surface area contributed by atoms with Crippen LogP contribution in [0, 0.1) is 5.92 Å². The van der Waals surface area contributed by atoms with Crippen molar-refractivity contribution in [2.45, 2.75) is 13.0 Å². The minimum Gasteiger partial charge on any atom is -0.312 e. The van der Waals surface area contributed by atoms with E-state index in [1.54, 1.807) is 15.9 Å². The van der Waals surface area contributed by atoms with Crippen molar-refractivity contribution in [3.05, 3.63) is 89.4 Å². The molecule has 0 bridgehead atoms. The van der Waals surface area contributed by atoms with Crippen LogP contribution >= 0.6 is 22.9 Å². The molecule has 160 valence electrons. The van der Waals surface area contributed by atoms with E-state index >= 15 is 0 Å². The van der Waals surface area contributed by atoms with E-state index < -0.39 is 5.92 Å². The van der Waals surface area contributed by atoms with E-state index in [0.717, 1.165) is 21.5 Å². The molecule has 1 atom stereocenters. The second-order valence-corrected chi connectivity index (χ2v) is 9.20. The Hall–Kier alpha value is -3.22. The smallest absolute Gasteiger partial charge is 0.234 e. The van der Waals surface area contributed by atoms with Gasteiger partial charge in [-0.1, -0.05) is 71.5 Å². The number of halogens is 1. The van der Waals surface area contributed by atoms with Crippen LogP contribution in [-0.2, 0) is 16.1 Å². The summed E-state index contributed by atoms with van der Waals surface area (Å²) in [5.41, 5.74) is 2.62. The largest absolute Gasteiger partial charge is 0.312 e. The Morgan fingerprint density at radius 3 is 2.53 bits per heavy atom. The number of anilines is 2. The molecule has 1 aliphatic rings. The zero-order chi connectivity index (χ0) is 22.1. The van der Waals surface area contributed by atoms with Crippen LogP contribution < -0.4 is 9.80 Å². The number of benzene rings is 3. The molecule has 1 aromatic heterocycles. The average Bonchev–Trinajstić information content (AvgIpc) is 3.41. The number of nitrogens with zero attached hydrogens (tertiary/aromatic N) is 3. The Kier molecular flexibility index (Phi) is 5.64. The van der Waals surface area contributed by atoms with Crippen LogP contribution in [0.15, 0.2) is 78.9 Å². The molecule has 2 amide bonds. The number of amides is 2. The number of fused-ring (bicyclic) bond motifs is 1. The molecule has 5 rings (SSSR count). The molecule has 0 spiro atoms. The zero-order valence-electron chi connectivity index (χ0n) is 17.1. The summed E-state index contributed by atoms with van der Waals surface area (Å²) >= 11 is 7.58. The lowest BCUT2D eigenvalue weighted by atomic mass is 10.1. The van der Waals surface area contributed by atoms with Crippen LogP contribution in [0.25, 0.3) is 10.2 Å². The molecule has 5 nitrogen and oxygen atoms in total. The van der Waals surface area contributed by atoms with E-state index in [2.05, 4.69) is 0 Å². The summed E-state index contributed by atoms with van der Waals surface area (Å²) in [6.07, 6.45) is 0.190. The number of hydrogen-bond acceptors (Lipinski definition) is 4. The molecule has 3 aromatic carbocycles. The minimum absolute atomic E-state index is 0.0368. The number of aromatic nitrogens is 1. The van der Waals surface area contributed by atoms with Gasteiger partial charge in [0, 0.05) is 23.7 Å². The first-order valence-electron chi connectivity index (χ1n) is 10.4. The van der Waals surface area contributed by atoms with Crippen molar-refractivity contribution in [3.8, 4) is 0 Å². The molecule has 4 aromatic rings. The fourth-order valence-corrected chi connectivity index (χ4v) is 5.20. The zero-order valence-corrected chi connectivity index (χ0v) is 18.7. The lowest BCUT2D eigenvalue weighted by Gasteiger charge is -2.23. The summed E-state index contributed by atoms with van der Waals surface area (Å²) in [6, 6.07) is 24.8. The molecule has 2 heterocycles. The highest BCUT2D eigenvalue weighted by Gasteiger charge is 2.38. The van der Waals surface area contributed by atoms with Gasteiger partial charge in [-0.15, -0.1) is 0 Å². The van der Waals surface area contributed by atoms with Crippen molar-refractivity contribution in [1.82, 2.24) is 4.98 Å². The third-order valence-electron chi connectivity index (χ3n) is 5.56. The SMILES string of the molecule is O=C1CC(C(=O)N(Cc2ccccc2)c2nc3ccc(Cl)cc3s2)CN1c1ccccc1. The molecule has 1 saturated heterocycles. The predicted octanol–water partition coefficient (Wildman–Crippen LogP) is 5.54. The van der Waals surface area contributed by atoms with Gasteiger partial charge >= 0.3 is 0 Å². The topological polar surface area (TPSA) is 53.5 Å². The maximum atomic E-state index is 13.7. The monoisotopic (exact) mass is 461 g/mol. The molecule has 0 aliphatic carbocycles. The van der Waals surface area contributed by atoms with Gasteiger partial charge in [-0.2, -0.15) is 0 Å². The molecule has 32 heavy (non-hydrogen) atoms. The van der Waals surface area contributed by atoms with E-state index in [0.29, 0.717) is 23.2 Å². The number of carbonyl (C=O) groups is 2. The molecule has 0 N–H and O–H groups in total. The summed E-state index contributed by atoms with van der Waals surface area (Å²) in [7, 11) is 0. The third-order valence-corrected chi connectivity index (χ3v) is 6.84. The Labute approximate surface area is 194 Å². The van der Waals surface area contributed by atoms with Crippen molar-refractivity contribution in [2.75, 3.05) is 16.3 Å². The summed E-state index contributed by atoms with van der Waals surface area (Å²) < 4.78 is 0.923. The maximum absolute atomic E-state index is 13.7. The number of carbonyl (C=O) groups excluding carboxylic acids is 2. The van der Waals surface area contributed by atoms with Crippen molar-refractivity contribution in [3.63, 3.8) is 0 Å². The van der Waals surface area contributed by atoms with Gasteiger partial charge in [-0.25, -0.2) is 4.98 Å². The van der Waals surface area contributed by atoms with Gasteiger partial charge in [-0.3, -0.25) is 14.5 Å². The van der Waals surface area contributed by atoms with Gasteiger partial charge in [0.25, 0.3) is 0 Å². The first kappa shape index (κ1) is 20.7. The second kappa shape index (κ2) is 8.73. The van der Waals surface area contributed by atoms with Gasteiger partial charge in [0.05, 0.1) is 22.7 Å². The van der Waals surface area contributed by atoms with Gasteiger partial charge in [-0.05, 0) is 35.9 Å². The molecule has 7 heteroatoms. The van der Waals surface area contributed by atoms with Crippen LogP contribution in [-0.4, -0.2) is 23.3 Å². The molecule has 1 fully saturated rings. The molecule has 0 radical (unpaired) electrons. The van der Waals surface area contributed by atoms with Gasteiger partial charge in [0.15, 0.2) is 5.13 Å². The van der Waals surface area contributed by atoms with E-state index in [-0.39, 0.29) is 18.2 Å². The van der Waals surface area contributed by atoms with E-state index in [1.807, 2.05) is 72.8 Å². The first-order valence-corrected chi connectivity index (χ1v) is 11.5.